The molecular weight excluding hydrogens is 375 g/mol. The molecule has 0 aromatic carbocycles. The van der Waals surface area contributed by atoms with Crippen LogP contribution in [0, 0.1) is 0 Å². The third-order valence-electron chi connectivity index (χ3n) is 2.15. The Morgan fingerprint density at radius 2 is 1.00 bits per heavy atom. The Kier molecular flexibility index (Phi) is 2.83. The zero-order chi connectivity index (χ0) is 9.31. The molecule has 0 unspecified atom stereocenters. The standard InChI is InChI=1S/2C5H5.2ClH.W/c2*1-2-4-5-3-1;;;/h2*1-5H;2*1H;/q;;;;+2/p-2. The molecule has 0 saturated heterocycles. The molecule has 0 radical (unpaired) electrons. The summed E-state index contributed by atoms with van der Waals surface area (Å²) >= 11 is -2.99. The molecule has 2 aliphatic carbocycles. The summed E-state index contributed by atoms with van der Waals surface area (Å²) < 4.78 is 0.654. The van der Waals surface area contributed by atoms with E-state index in [1.54, 1.807) is 0 Å². The third-order valence-corrected chi connectivity index (χ3v) is 16.4. The minimum atomic E-state index is -2.99. The van der Waals surface area contributed by atoms with E-state index in [1.807, 2.05) is 24.3 Å². The van der Waals surface area contributed by atoms with Crippen LogP contribution in [0.4, 0.5) is 0 Å². The molecule has 0 spiro atoms. The van der Waals surface area contributed by atoms with Gasteiger partial charge in [-0.25, -0.2) is 0 Å². The van der Waals surface area contributed by atoms with Gasteiger partial charge in [0.2, 0.25) is 0 Å². The summed E-state index contributed by atoms with van der Waals surface area (Å²) in [6, 6.07) is 0. The van der Waals surface area contributed by atoms with Gasteiger partial charge in [0.15, 0.2) is 0 Å². The zero-order valence-corrected chi connectivity index (χ0v) is 11.4. The van der Waals surface area contributed by atoms with Crippen molar-refractivity contribution in [3.63, 3.8) is 0 Å². The van der Waals surface area contributed by atoms with Crippen molar-refractivity contribution in [3.8, 4) is 0 Å². The van der Waals surface area contributed by atoms with Crippen LogP contribution in [-0.2, 0) is 14.0 Å². The molecular formula is C10H10Cl2W. The first kappa shape index (κ1) is 9.77. The van der Waals surface area contributed by atoms with Crippen molar-refractivity contribution >= 4 is 18.8 Å². The molecule has 0 nitrogen and oxygen atoms in total. The van der Waals surface area contributed by atoms with Crippen LogP contribution in [0.1, 0.15) is 0 Å². The molecule has 2 rings (SSSR count). The Morgan fingerprint density at radius 3 is 1.31 bits per heavy atom. The molecule has 0 heterocycles. The Bertz CT molecular complexity index is 259. The van der Waals surface area contributed by atoms with Crippen molar-refractivity contribution in [1.82, 2.24) is 0 Å². The van der Waals surface area contributed by atoms with Crippen molar-refractivity contribution < 1.29 is 14.0 Å². The number of hydrogen-bond acceptors (Lipinski definition) is 0. The fourth-order valence-corrected chi connectivity index (χ4v) is 10.9. The first-order valence-corrected chi connectivity index (χ1v) is 14.8. The van der Waals surface area contributed by atoms with E-state index in [1.165, 1.54) is 0 Å². The molecule has 0 fully saturated rings. The molecule has 70 valence electrons. The van der Waals surface area contributed by atoms with Crippen molar-refractivity contribution in [2.24, 2.45) is 0 Å². The fourth-order valence-electron chi connectivity index (χ4n) is 1.42. The number of halogens is 2. The molecule has 0 aromatic rings. The van der Waals surface area contributed by atoms with Gasteiger partial charge < -0.3 is 0 Å². The topological polar surface area (TPSA) is 0 Å². The monoisotopic (exact) mass is 384 g/mol. The molecule has 13 heavy (non-hydrogen) atoms. The number of allylic oxidation sites excluding steroid dienone is 8. The average molecular weight is 385 g/mol. The molecule has 0 aromatic heterocycles. The summed E-state index contributed by atoms with van der Waals surface area (Å²) in [4.78, 5) is 0. The molecule has 0 aliphatic heterocycles. The molecule has 0 bridgehead atoms. The molecule has 0 saturated carbocycles. The second-order valence-corrected chi connectivity index (χ2v) is 20.5. The van der Waals surface area contributed by atoms with E-state index in [0.29, 0.717) is 8.62 Å². The molecule has 2 aliphatic rings. The first-order chi connectivity index (χ1) is 6.21. The van der Waals surface area contributed by atoms with Crippen molar-refractivity contribution in [1.29, 1.82) is 0 Å². The predicted molar refractivity (Wildman–Crippen MR) is 55.8 cm³/mol. The van der Waals surface area contributed by atoms with Gasteiger partial charge in [0.1, 0.15) is 0 Å². The molecule has 0 amide bonds. The quantitative estimate of drug-likeness (QED) is 0.666. The van der Waals surface area contributed by atoms with Crippen LogP contribution in [0.25, 0.3) is 0 Å². The predicted octanol–water partition coefficient (Wildman–Crippen LogP) is 4.28. The van der Waals surface area contributed by atoms with Gasteiger partial charge >= 0.3 is 90.0 Å². The van der Waals surface area contributed by atoms with Gasteiger partial charge in [0.25, 0.3) is 0 Å². The Morgan fingerprint density at radius 1 is 0.692 bits per heavy atom. The number of rotatable bonds is 2. The summed E-state index contributed by atoms with van der Waals surface area (Å²) in [6.07, 6.45) is 16.6. The van der Waals surface area contributed by atoms with E-state index < -0.39 is 14.0 Å². The summed E-state index contributed by atoms with van der Waals surface area (Å²) in [7, 11) is 13.0. The van der Waals surface area contributed by atoms with Crippen molar-refractivity contribution in [3.05, 3.63) is 48.6 Å². The Labute approximate surface area is 89.7 Å². The second-order valence-electron chi connectivity index (χ2n) is 3.02. The summed E-state index contributed by atoms with van der Waals surface area (Å²) in [5.41, 5.74) is 0. The van der Waals surface area contributed by atoms with E-state index >= 15 is 0 Å². The van der Waals surface area contributed by atoms with E-state index in [2.05, 4.69) is 24.3 Å². The van der Waals surface area contributed by atoms with Gasteiger partial charge in [-0.2, -0.15) is 0 Å². The van der Waals surface area contributed by atoms with Gasteiger partial charge in [-0.1, -0.05) is 0 Å². The van der Waals surface area contributed by atoms with Gasteiger partial charge in [-0.3, -0.25) is 0 Å². The average Bonchev–Trinajstić information content (AvgIpc) is 2.78. The van der Waals surface area contributed by atoms with Crippen molar-refractivity contribution in [2.75, 3.05) is 0 Å². The van der Waals surface area contributed by atoms with Gasteiger partial charge in [-0.05, 0) is 0 Å². The maximum atomic E-state index is 6.52. The van der Waals surface area contributed by atoms with Crippen LogP contribution >= 0.6 is 18.8 Å². The second kappa shape index (κ2) is 3.77. The van der Waals surface area contributed by atoms with Crippen molar-refractivity contribution in [2.45, 2.75) is 8.62 Å². The third kappa shape index (κ3) is 1.86. The number of hydrogen-bond donors (Lipinski definition) is 0. The zero-order valence-electron chi connectivity index (χ0n) is 6.94. The van der Waals surface area contributed by atoms with Crippen LogP contribution in [0.2, 0.25) is 8.62 Å². The Balaban J connectivity index is 2.19. The Hall–Kier alpha value is 0.228. The van der Waals surface area contributed by atoms with E-state index in [-0.39, 0.29) is 0 Å². The first-order valence-electron chi connectivity index (χ1n) is 4.11. The molecule has 0 atom stereocenters. The fraction of sp³-hybridized carbons (Fsp3) is 0.200. The van der Waals surface area contributed by atoms with E-state index in [0.717, 1.165) is 0 Å². The van der Waals surface area contributed by atoms with Crippen LogP contribution in [0.5, 0.6) is 0 Å². The van der Waals surface area contributed by atoms with Crippen LogP contribution in [0.3, 0.4) is 0 Å². The van der Waals surface area contributed by atoms with Gasteiger partial charge in [0.05, 0.1) is 0 Å². The molecule has 0 N–H and O–H groups in total. The summed E-state index contributed by atoms with van der Waals surface area (Å²) in [5, 5.41) is 0. The van der Waals surface area contributed by atoms with Crippen LogP contribution < -0.4 is 0 Å². The van der Waals surface area contributed by atoms with Crippen LogP contribution in [0.15, 0.2) is 48.6 Å². The minimum absolute atomic E-state index is 0.327. The van der Waals surface area contributed by atoms with E-state index in [4.69, 9.17) is 18.8 Å². The van der Waals surface area contributed by atoms with Crippen LogP contribution in [-0.4, -0.2) is 0 Å². The maximum absolute atomic E-state index is 6.52. The normalized spacial score (nSPS) is 23.5. The summed E-state index contributed by atoms with van der Waals surface area (Å²) in [6.45, 7) is 0. The SMILES string of the molecule is [Cl][W]([Cl])([CH]1C=CC=C1)[CH]1C=CC=C1. The van der Waals surface area contributed by atoms with E-state index in [9.17, 15) is 0 Å². The molecule has 3 heteroatoms. The summed E-state index contributed by atoms with van der Waals surface area (Å²) in [5.74, 6) is 0. The van der Waals surface area contributed by atoms with Gasteiger partial charge in [-0.15, -0.1) is 0 Å². The van der Waals surface area contributed by atoms with Gasteiger partial charge in [0, 0.05) is 0 Å².